The van der Waals surface area contributed by atoms with Gasteiger partial charge in [-0.2, -0.15) is 4.31 Å². The number of benzene rings is 1. The largest absolute Gasteiger partial charge is 0.454 e. The van der Waals surface area contributed by atoms with Crippen molar-refractivity contribution in [2.75, 3.05) is 30.8 Å². The van der Waals surface area contributed by atoms with Gasteiger partial charge >= 0.3 is 5.97 Å². The summed E-state index contributed by atoms with van der Waals surface area (Å²) < 4.78 is 32.6. The maximum atomic E-state index is 13.0. The molecule has 1 aromatic carbocycles. The topological polar surface area (TPSA) is 113 Å². The summed E-state index contributed by atoms with van der Waals surface area (Å²) in [6.45, 7) is 4.17. The Morgan fingerprint density at radius 2 is 1.97 bits per heavy atom. The molecule has 2 amide bonds. The molecule has 33 heavy (non-hydrogen) atoms. The summed E-state index contributed by atoms with van der Waals surface area (Å²) in [5.41, 5.74) is 1.05. The number of fused-ring (bicyclic) bond motifs is 1. The fraction of sp³-hybridized carbons (Fsp3) is 0.591. The van der Waals surface area contributed by atoms with Crippen molar-refractivity contribution in [1.29, 1.82) is 0 Å². The molecule has 4 rings (SSSR count). The Balaban J connectivity index is 1.38. The van der Waals surface area contributed by atoms with Crippen LogP contribution in [0.15, 0.2) is 23.1 Å². The zero-order chi connectivity index (χ0) is 23.8. The summed E-state index contributed by atoms with van der Waals surface area (Å²) in [6.07, 6.45) is 3.79. The van der Waals surface area contributed by atoms with Crippen molar-refractivity contribution in [2.24, 2.45) is 0 Å². The minimum Gasteiger partial charge on any atom is -0.454 e. The van der Waals surface area contributed by atoms with E-state index < -0.39 is 34.5 Å². The second-order valence-corrected chi connectivity index (χ2v) is 12.3. The Hall–Kier alpha value is -2.11. The second kappa shape index (κ2) is 9.27. The Kier molecular flexibility index (Phi) is 6.75. The van der Waals surface area contributed by atoms with Gasteiger partial charge < -0.3 is 15.0 Å². The first-order valence-electron chi connectivity index (χ1n) is 11.2. The quantitative estimate of drug-likeness (QED) is 0.602. The number of hydrogen-bond acceptors (Lipinski definition) is 7. The Morgan fingerprint density at radius 1 is 1.24 bits per heavy atom. The molecule has 0 spiro atoms. The van der Waals surface area contributed by atoms with Gasteiger partial charge in [-0.25, -0.2) is 13.2 Å². The van der Waals surface area contributed by atoms with Crippen molar-refractivity contribution in [1.82, 2.24) is 9.21 Å². The number of nitrogens with one attached hydrogen (secondary N) is 1. The molecule has 1 N–H and O–H groups in total. The predicted octanol–water partition coefficient (Wildman–Crippen LogP) is 2.11. The summed E-state index contributed by atoms with van der Waals surface area (Å²) >= 11 is 1.55. The van der Waals surface area contributed by atoms with Crippen LogP contribution in [0, 0.1) is 6.92 Å². The highest BCUT2D eigenvalue weighted by Crippen LogP contribution is 2.47. The number of esters is 1. The first kappa shape index (κ1) is 24.0. The zero-order valence-electron chi connectivity index (χ0n) is 18.8. The number of hydrogen-bond donors (Lipinski definition) is 1. The van der Waals surface area contributed by atoms with Gasteiger partial charge in [0.25, 0.3) is 5.91 Å². The van der Waals surface area contributed by atoms with Gasteiger partial charge in [0.1, 0.15) is 6.04 Å². The molecule has 2 atom stereocenters. The van der Waals surface area contributed by atoms with Gasteiger partial charge in [-0.15, -0.1) is 11.8 Å². The van der Waals surface area contributed by atoms with Crippen molar-refractivity contribution >= 4 is 45.3 Å². The molecule has 3 aliphatic rings. The molecular formula is C22H29N3O6S2. The minimum atomic E-state index is -3.64. The van der Waals surface area contributed by atoms with Gasteiger partial charge in [-0.05, 0) is 50.8 Å². The van der Waals surface area contributed by atoms with Crippen LogP contribution in [0.5, 0.6) is 0 Å². The Bertz CT molecular complexity index is 1070. The van der Waals surface area contributed by atoms with Gasteiger partial charge in [0, 0.05) is 31.0 Å². The number of piperidine rings is 1. The van der Waals surface area contributed by atoms with E-state index in [1.165, 1.54) is 16.4 Å². The molecule has 9 nitrogen and oxygen atoms in total. The zero-order valence-corrected chi connectivity index (χ0v) is 20.5. The number of ether oxygens (including phenoxy) is 1. The van der Waals surface area contributed by atoms with Crippen LogP contribution < -0.4 is 5.32 Å². The Labute approximate surface area is 198 Å². The highest BCUT2D eigenvalue weighted by Gasteiger charge is 2.53. The lowest BCUT2D eigenvalue weighted by atomic mass is 10.2. The van der Waals surface area contributed by atoms with E-state index in [1.807, 2.05) is 6.92 Å². The average Bonchev–Trinajstić information content (AvgIpc) is 3.29. The van der Waals surface area contributed by atoms with E-state index in [0.29, 0.717) is 42.9 Å². The van der Waals surface area contributed by atoms with Gasteiger partial charge in [-0.3, -0.25) is 9.59 Å². The first-order valence-corrected chi connectivity index (χ1v) is 13.6. The predicted molar refractivity (Wildman–Crippen MR) is 124 cm³/mol. The molecule has 0 saturated carbocycles. The molecule has 3 saturated heterocycles. The third-order valence-electron chi connectivity index (χ3n) is 6.50. The molecule has 180 valence electrons. The number of aryl methyl sites for hydroxylation is 1. The number of anilines is 1. The van der Waals surface area contributed by atoms with E-state index >= 15 is 0 Å². The number of amides is 2. The van der Waals surface area contributed by atoms with Crippen LogP contribution in [0.25, 0.3) is 0 Å². The number of nitrogens with zero attached hydrogens (tertiary/aromatic N) is 2. The second-order valence-electron chi connectivity index (χ2n) is 8.86. The lowest BCUT2D eigenvalue weighted by molar-refractivity contribution is -0.155. The normalized spacial score (nSPS) is 25.7. The lowest BCUT2D eigenvalue weighted by Crippen LogP contribution is -2.47. The first-order chi connectivity index (χ1) is 15.6. The summed E-state index contributed by atoms with van der Waals surface area (Å²) in [6, 6.07) is 3.94. The number of carbonyl (C=O) groups is 3. The van der Waals surface area contributed by atoms with Gasteiger partial charge in [0.05, 0.1) is 9.77 Å². The number of thioether (sulfide) groups is 1. The lowest BCUT2D eigenvalue weighted by Gasteiger charge is -2.29. The Morgan fingerprint density at radius 3 is 2.70 bits per heavy atom. The summed E-state index contributed by atoms with van der Waals surface area (Å²) in [7, 11) is -3.64. The van der Waals surface area contributed by atoms with Crippen molar-refractivity contribution in [2.45, 2.75) is 61.8 Å². The molecule has 0 bridgehead atoms. The van der Waals surface area contributed by atoms with Gasteiger partial charge in [0.2, 0.25) is 15.9 Å². The molecular weight excluding hydrogens is 466 g/mol. The van der Waals surface area contributed by atoms with E-state index in [1.54, 1.807) is 29.7 Å². The van der Waals surface area contributed by atoms with E-state index in [4.69, 9.17) is 4.74 Å². The number of rotatable bonds is 6. The molecule has 11 heteroatoms. The fourth-order valence-corrected chi connectivity index (χ4v) is 7.53. The molecule has 0 radical (unpaired) electrons. The molecule has 0 aromatic heterocycles. The SMILES string of the molecule is Cc1ccc(S(=O)(=O)N2CCCCC2)cc1NC(=O)COC(=O)C1CSC2(C)CCC(=O)N12. The fourth-order valence-electron chi connectivity index (χ4n) is 4.56. The summed E-state index contributed by atoms with van der Waals surface area (Å²) in [4.78, 5) is 38.5. The molecule has 3 aliphatic heterocycles. The van der Waals surface area contributed by atoms with Crippen molar-refractivity contribution in [3.63, 3.8) is 0 Å². The van der Waals surface area contributed by atoms with Crippen LogP contribution in [0.1, 0.15) is 44.6 Å². The van der Waals surface area contributed by atoms with E-state index in [-0.39, 0.29) is 15.7 Å². The molecule has 1 aromatic rings. The van der Waals surface area contributed by atoms with E-state index in [0.717, 1.165) is 19.3 Å². The highest BCUT2D eigenvalue weighted by atomic mass is 32.2. The third-order valence-corrected chi connectivity index (χ3v) is 9.90. The number of carbonyl (C=O) groups excluding carboxylic acids is 3. The van der Waals surface area contributed by atoms with E-state index in [9.17, 15) is 22.8 Å². The van der Waals surface area contributed by atoms with Crippen LogP contribution in [0.2, 0.25) is 0 Å². The highest BCUT2D eigenvalue weighted by molar-refractivity contribution is 8.01. The van der Waals surface area contributed by atoms with Crippen LogP contribution in [0.3, 0.4) is 0 Å². The maximum absolute atomic E-state index is 13.0. The maximum Gasteiger partial charge on any atom is 0.330 e. The summed E-state index contributed by atoms with van der Waals surface area (Å²) in [5.74, 6) is -0.802. The smallest absolute Gasteiger partial charge is 0.330 e. The third kappa shape index (κ3) is 4.76. The average molecular weight is 496 g/mol. The monoisotopic (exact) mass is 495 g/mol. The van der Waals surface area contributed by atoms with Crippen molar-refractivity contribution in [3.05, 3.63) is 23.8 Å². The van der Waals surface area contributed by atoms with Gasteiger partial charge in [0.15, 0.2) is 6.61 Å². The van der Waals surface area contributed by atoms with Crippen molar-refractivity contribution < 1.29 is 27.5 Å². The van der Waals surface area contributed by atoms with Crippen LogP contribution >= 0.6 is 11.8 Å². The van der Waals surface area contributed by atoms with Crippen LogP contribution in [-0.2, 0) is 29.1 Å². The molecule has 3 fully saturated rings. The molecule has 2 unspecified atom stereocenters. The van der Waals surface area contributed by atoms with Crippen LogP contribution in [0.4, 0.5) is 5.69 Å². The summed E-state index contributed by atoms with van der Waals surface area (Å²) in [5, 5.41) is 2.65. The standard InChI is InChI=1S/C22H29N3O6S2/c1-15-6-7-16(33(29,30)24-10-4-3-5-11-24)12-17(15)23-19(26)13-31-21(28)18-14-32-22(2)9-8-20(27)25(18)22/h6-7,12,18H,3-5,8-11,13-14H2,1-2H3,(H,23,26). The van der Waals surface area contributed by atoms with E-state index in [2.05, 4.69) is 5.32 Å². The van der Waals surface area contributed by atoms with Crippen LogP contribution in [-0.4, -0.2) is 71.8 Å². The number of sulfonamides is 1. The van der Waals surface area contributed by atoms with Crippen molar-refractivity contribution in [3.8, 4) is 0 Å². The molecule has 0 aliphatic carbocycles. The van der Waals surface area contributed by atoms with Gasteiger partial charge in [-0.1, -0.05) is 12.5 Å². The minimum absolute atomic E-state index is 0.0729. The molecule has 3 heterocycles.